The molecule has 1 saturated heterocycles. The topological polar surface area (TPSA) is 35.9 Å². The molecule has 1 aliphatic rings. The van der Waals surface area contributed by atoms with Crippen LogP contribution in [0.2, 0.25) is 0 Å². The number of methoxy groups -OCH3 is 1. The van der Waals surface area contributed by atoms with Crippen molar-refractivity contribution in [3.8, 4) is 5.75 Å². The summed E-state index contributed by atoms with van der Waals surface area (Å²) in [6, 6.07) is 8.69. The minimum absolute atomic E-state index is 0.221. The minimum Gasteiger partial charge on any atom is -0.497 e. The third-order valence-corrected chi connectivity index (χ3v) is 4.04. The van der Waals surface area contributed by atoms with Crippen molar-refractivity contribution in [1.82, 2.24) is 4.90 Å². The Morgan fingerprint density at radius 1 is 1.20 bits per heavy atom. The van der Waals surface area contributed by atoms with E-state index in [0.29, 0.717) is 6.04 Å². The molecule has 112 valence electrons. The van der Waals surface area contributed by atoms with Gasteiger partial charge in [0, 0.05) is 44.0 Å². The lowest BCUT2D eigenvalue weighted by molar-refractivity contribution is 0.116. The monoisotopic (exact) mass is 278 g/mol. The van der Waals surface area contributed by atoms with E-state index in [4.69, 9.17) is 4.74 Å². The third kappa shape index (κ3) is 3.87. The van der Waals surface area contributed by atoms with Gasteiger partial charge in [0.15, 0.2) is 0 Å². The van der Waals surface area contributed by atoms with Crippen LogP contribution in [0, 0.1) is 0 Å². The van der Waals surface area contributed by atoms with Crippen molar-refractivity contribution in [2.45, 2.75) is 32.4 Å². The average molecular weight is 278 g/mol. The molecule has 2 rings (SSSR count). The number of nitrogens with zero attached hydrogens (tertiary/aromatic N) is 2. The normalized spacial score (nSPS) is 19.7. The number of anilines is 1. The van der Waals surface area contributed by atoms with Gasteiger partial charge < -0.3 is 14.7 Å². The minimum atomic E-state index is -0.221. The maximum atomic E-state index is 9.49. The molecule has 0 saturated carbocycles. The van der Waals surface area contributed by atoms with Gasteiger partial charge in [-0.3, -0.25) is 4.90 Å². The van der Waals surface area contributed by atoms with Crippen LogP contribution in [0.25, 0.3) is 0 Å². The van der Waals surface area contributed by atoms with Crippen molar-refractivity contribution in [3.05, 3.63) is 24.3 Å². The summed E-state index contributed by atoms with van der Waals surface area (Å²) in [6.45, 7) is 8.21. The van der Waals surface area contributed by atoms with Gasteiger partial charge in [0.05, 0.1) is 13.2 Å². The summed E-state index contributed by atoms with van der Waals surface area (Å²) in [4.78, 5) is 4.86. The van der Waals surface area contributed by atoms with Crippen molar-refractivity contribution < 1.29 is 9.84 Å². The quantitative estimate of drug-likeness (QED) is 0.893. The number of aliphatic hydroxyl groups excluding tert-OH is 1. The van der Waals surface area contributed by atoms with Gasteiger partial charge >= 0.3 is 0 Å². The molecule has 0 aliphatic carbocycles. The first-order valence-corrected chi connectivity index (χ1v) is 7.41. The summed E-state index contributed by atoms with van der Waals surface area (Å²) in [5, 5.41) is 9.49. The van der Waals surface area contributed by atoms with E-state index in [1.54, 1.807) is 7.11 Å². The Balaban J connectivity index is 1.90. The van der Waals surface area contributed by atoms with Gasteiger partial charge in [-0.2, -0.15) is 0 Å². The average Bonchev–Trinajstić information content (AvgIpc) is 2.47. The Morgan fingerprint density at radius 3 is 2.50 bits per heavy atom. The molecule has 1 aliphatic heterocycles. The van der Waals surface area contributed by atoms with E-state index in [1.165, 1.54) is 5.69 Å². The molecule has 1 N–H and O–H groups in total. The van der Waals surface area contributed by atoms with Crippen molar-refractivity contribution in [2.75, 3.05) is 38.2 Å². The first-order valence-electron chi connectivity index (χ1n) is 7.41. The molecule has 1 aromatic carbocycles. The van der Waals surface area contributed by atoms with Crippen LogP contribution in [-0.2, 0) is 0 Å². The molecule has 4 nitrogen and oxygen atoms in total. The second-order valence-electron chi connectivity index (χ2n) is 5.66. The molecule has 2 atom stereocenters. The molecule has 0 spiro atoms. The van der Waals surface area contributed by atoms with Crippen LogP contribution in [0.15, 0.2) is 24.3 Å². The van der Waals surface area contributed by atoms with Gasteiger partial charge in [-0.15, -0.1) is 0 Å². The van der Waals surface area contributed by atoms with E-state index in [9.17, 15) is 5.11 Å². The lowest BCUT2D eigenvalue weighted by Crippen LogP contribution is -2.50. The van der Waals surface area contributed by atoms with Gasteiger partial charge in [-0.1, -0.05) is 6.07 Å². The molecule has 20 heavy (non-hydrogen) atoms. The molecule has 2 unspecified atom stereocenters. The molecule has 0 radical (unpaired) electrons. The highest BCUT2D eigenvalue weighted by atomic mass is 16.5. The standard InChI is InChI=1S/C16H26N2O2/c1-13(11-14(2)19)17-7-9-18(10-8-17)15-5-4-6-16(12-15)20-3/h4-6,12-14,19H,7-11H2,1-3H3. The van der Waals surface area contributed by atoms with E-state index in [1.807, 2.05) is 19.1 Å². The maximum absolute atomic E-state index is 9.49. The predicted molar refractivity (Wildman–Crippen MR) is 82.5 cm³/mol. The Hall–Kier alpha value is -1.26. The van der Waals surface area contributed by atoms with Crippen LogP contribution >= 0.6 is 0 Å². The molecular formula is C16H26N2O2. The molecule has 4 heteroatoms. The van der Waals surface area contributed by atoms with E-state index < -0.39 is 0 Å². The highest BCUT2D eigenvalue weighted by Gasteiger charge is 2.22. The molecule has 1 fully saturated rings. The lowest BCUT2D eigenvalue weighted by atomic mass is 10.1. The van der Waals surface area contributed by atoms with Crippen molar-refractivity contribution >= 4 is 5.69 Å². The number of hydrogen-bond donors (Lipinski definition) is 1. The predicted octanol–water partition coefficient (Wildman–Crippen LogP) is 1.98. The molecule has 0 aromatic heterocycles. The van der Waals surface area contributed by atoms with Crippen molar-refractivity contribution in [2.24, 2.45) is 0 Å². The number of rotatable bonds is 5. The van der Waals surface area contributed by atoms with Crippen LogP contribution in [0.4, 0.5) is 5.69 Å². The zero-order valence-corrected chi connectivity index (χ0v) is 12.7. The van der Waals surface area contributed by atoms with E-state index >= 15 is 0 Å². The van der Waals surface area contributed by atoms with Crippen LogP contribution in [0.5, 0.6) is 5.75 Å². The van der Waals surface area contributed by atoms with Gasteiger partial charge in [-0.25, -0.2) is 0 Å². The fourth-order valence-electron chi connectivity index (χ4n) is 2.87. The van der Waals surface area contributed by atoms with E-state index in [-0.39, 0.29) is 6.10 Å². The van der Waals surface area contributed by atoms with E-state index in [0.717, 1.165) is 38.3 Å². The summed E-state index contributed by atoms with van der Waals surface area (Å²) in [5.74, 6) is 0.910. The van der Waals surface area contributed by atoms with Crippen LogP contribution in [0.1, 0.15) is 20.3 Å². The number of aliphatic hydroxyl groups is 1. The van der Waals surface area contributed by atoms with Gasteiger partial charge in [0.1, 0.15) is 5.75 Å². The van der Waals surface area contributed by atoms with Gasteiger partial charge in [0.25, 0.3) is 0 Å². The molecule has 0 bridgehead atoms. The summed E-state index contributed by atoms with van der Waals surface area (Å²) >= 11 is 0. The largest absolute Gasteiger partial charge is 0.497 e. The second kappa shape index (κ2) is 6.95. The highest BCUT2D eigenvalue weighted by molar-refractivity contribution is 5.51. The zero-order chi connectivity index (χ0) is 14.5. The smallest absolute Gasteiger partial charge is 0.120 e. The molecule has 1 heterocycles. The Kier molecular flexibility index (Phi) is 5.26. The van der Waals surface area contributed by atoms with Crippen LogP contribution in [-0.4, -0.2) is 55.4 Å². The molecule has 0 amide bonds. The molecule has 1 aromatic rings. The summed E-state index contributed by atoms with van der Waals surface area (Å²) in [5.41, 5.74) is 1.23. The zero-order valence-electron chi connectivity index (χ0n) is 12.7. The number of hydrogen-bond acceptors (Lipinski definition) is 4. The summed E-state index contributed by atoms with van der Waals surface area (Å²) in [7, 11) is 1.70. The van der Waals surface area contributed by atoms with Gasteiger partial charge in [-0.05, 0) is 32.4 Å². The van der Waals surface area contributed by atoms with Crippen LogP contribution < -0.4 is 9.64 Å². The van der Waals surface area contributed by atoms with Crippen molar-refractivity contribution in [1.29, 1.82) is 0 Å². The highest BCUT2D eigenvalue weighted by Crippen LogP contribution is 2.22. The number of ether oxygens (including phenoxy) is 1. The SMILES string of the molecule is COc1cccc(N2CCN(C(C)CC(C)O)CC2)c1. The third-order valence-electron chi connectivity index (χ3n) is 4.04. The second-order valence-corrected chi connectivity index (χ2v) is 5.66. The fraction of sp³-hybridized carbons (Fsp3) is 0.625. The Morgan fingerprint density at radius 2 is 1.90 bits per heavy atom. The maximum Gasteiger partial charge on any atom is 0.120 e. The summed E-state index contributed by atoms with van der Waals surface area (Å²) < 4.78 is 5.28. The fourth-order valence-corrected chi connectivity index (χ4v) is 2.87. The lowest BCUT2D eigenvalue weighted by Gasteiger charge is -2.39. The number of piperazine rings is 1. The van der Waals surface area contributed by atoms with Gasteiger partial charge in [0.2, 0.25) is 0 Å². The van der Waals surface area contributed by atoms with E-state index in [2.05, 4.69) is 28.9 Å². The Bertz CT molecular complexity index is 415. The Labute approximate surface area is 122 Å². The molecular weight excluding hydrogens is 252 g/mol. The van der Waals surface area contributed by atoms with Crippen molar-refractivity contribution in [3.63, 3.8) is 0 Å². The number of benzene rings is 1. The van der Waals surface area contributed by atoms with Crippen LogP contribution in [0.3, 0.4) is 0 Å². The first kappa shape index (κ1) is 15.1. The summed E-state index contributed by atoms with van der Waals surface area (Å²) in [6.07, 6.45) is 0.625. The first-order chi connectivity index (χ1) is 9.60.